The Labute approximate surface area is 125 Å². The fourth-order valence-corrected chi connectivity index (χ4v) is 3.56. The Morgan fingerprint density at radius 1 is 1.35 bits per heavy atom. The number of carboxylic acids is 1. The Hall–Kier alpha value is -0.910. The third kappa shape index (κ3) is 5.23. The van der Waals surface area contributed by atoms with E-state index in [-0.39, 0.29) is 23.2 Å². The molecule has 0 aromatic heterocycles. The molecule has 0 bridgehead atoms. The van der Waals surface area contributed by atoms with Gasteiger partial charge in [0.15, 0.2) is 0 Å². The van der Waals surface area contributed by atoms with Gasteiger partial charge in [-0.05, 0) is 25.0 Å². The Morgan fingerprint density at radius 2 is 1.95 bits per heavy atom. The largest absolute Gasteiger partial charge is 0.480 e. The standard InChI is InChI=1S/C14H26N2O3S/c1-11(2)8-16(9-12(17)18)13(19)15-10-14(20-3)6-4-5-7-14/h11H,4-10H2,1-3H3,(H,15,19)(H,17,18). The summed E-state index contributed by atoms with van der Waals surface area (Å²) in [5, 5.41) is 11.8. The van der Waals surface area contributed by atoms with Crippen molar-refractivity contribution < 1.29 is 14.7 Å². The summed E-state index contributed by atoms with van der Waals surface area (Å²) in [6.45, 7) is 4.80. The second-order valence-corrected chi connectivity index (χ2v) is 7.20. The summed E-state index contributed by atoms with van der Waals surface area (Å²) in [5.41, 5.74) is 0. The Morgan fingerprint density at radius 3 is 2.40 bits per heavy atom. The minimum absolute atomic E-state index is 0.141. The first-order valence-corrected chi connectivity index (χ1v) is 8.41. The van der Waals surface area contributed by atoms with Gasteiger partial charge >= 0.3 is 12.0 Å². The van der Waals surface area contributed by atoms with Crippen LogP contribution in [0.15, 0.2) is 0 Å². The molecule has 0 spiro atoms. The molecule has 0 aromatic rings. The van der Waals surface area contributed by atoms with Gasteiger partial charge in [0.2, 0.25) is 0 Å². The first-order chi connectivity index (χ1) is 9.38. The van der Waals surface area contributed by atoms with Crippen molar-refractivity contribution in [3.05, 3.63) is 0 Å². The Balaban J connectivity index is 2.54. The molecule has 0 heterocycles. The van der Waals surface area contributed by atoms with E-state index in [0.717, 1.165) is 12.8 Å². The van der Waals surface area contributed by atoms with Crippen LogP contribution in [0.3, 0.4) is 0 Å². The van der Waals surface area contributed by atoms with E-state index in [1.807, 2.05) is 25.6 Å². The second kappa shape index (κ2) is 7.76. The third-order valence-corrected chi connectivity index (χ3v) is 5.13. The van der Waals surface area contributed by atoms with Crippen LogP contribution in [-0.2, 0) is 4.79 Å². The van der Waals surface area contributed by atoms with E-state index < -0.39 is 5.97 Å². The molecule has 5 nitrogen and oxygen atoms in total. The summed E-state index contributed by atoms with van der Waals surface area (Å²) < 4.78 is 0.141. The molecule has 0 atom stereocenters. The molecule has 0 saturated heterocycles. The van der Waals surface area contributed by atoms with Gasteiger partial charge in [0.05, 0.1) is 0 Å². The van der Waals surface area contributed by atoms with Crippen LogP contribution < -0.4 is 5.32 Å². The Bertz CT molecular complexity index is 341. The number of hydrogen-bond acceptors (Lipinski definition) is 3. The number of nitrogens with zero attached hydrogens (tertiary/aromatic N) is 1. The van der Waals surface area contributed by atoms with Gasteiger partial charge in [0, 0.05) is 17.8 Å². The normalized spacial score (nSPS) is 17.2. The van der Waals surface area contributed by atoms with Gasteiger partial charge in [-0.3, -0.25) is 4.79 Å². The maximum absolute atomic E-state index is 12.2. The quantitative estimate of drug-likeness (QED) is 0.758. The highest BCUT2D eigenvalue weighted by Gasteiger charge is 2.33. The topological polar surface area (TPSA) is 69.6 Å². The molecule has 6 heteroatoms. The number of thioether (sulfide) groups is 1. The zero-order valence-corrected chi connectivity index (χ0v) is 13.5. The van der Waals surface area contributed by atoms with E-state index in [9.17, 15) is 9.59 Å². The predicted molar refractivity (Wildman–Crippen MR) is 82.2 cm³/mol. The first kappa shape index (κ1) is 17.1. The zero-order chi connectivity index (χ0) is 15.2. The van der Waals surface area contributed by atoms with E-state index in [2.05, 4.69) is 11.6 Å². The number of carbonyl (C=O) groups excluding carboxylic acids is 1. The number of amides is 2. The highest BCUT2D eigenvalue weighted by atomic mass is 32.2. The Kier molecular flexibility index (Phi) is 6.65. The lowest BCUT2D eigenvalue weighted by Gasteiger charge is -2.29. The molecule has 1 aliphatic carbocycles. The van der Waals surface area contributed by atoms with Gasteiger partial charge in [0.25, 0.3) is 0 Å². The predicted octanol–water partition coefficient (Wildman–Crippen LogP) is 2.41. The molecule has 2 amide bonds. The van der Waals surface area contributed by atoms with Crippen molar-refractivity contribution in [3.8, 4) is 0 Å². The van der Waals surface area contributed by atoms with E-state index in [0.29, 0.717) is 13.1 Å². The van der Waals surface area contributed by atoms with Crippen molar-refractivity contribution in [2.24, 2.45) is 5.92 Å². The third-order valence-electron chi connectivity index (χ3n) is 3.71. The molecule has 0 radical (unpaired) electrons. The average molecular weight is 302 g/mol. The van der Waals surface area contributed by atoms with Crippen LogP contribution >= 0.6 is 11.8 Å². The van der Waals surface area contributed by atoms with Crippen LogP contribution in [0.1, 0.15) is 39.5 Å². The van der Waals surface area contributed by atoms with Crippen LogP contribution in [0.2, 0.25) is 0 Å². The molecule has 1 saturated carbocycles. The smallest absolute Gasteiger partial charge is 0.323 e. The monoisotopic (exact) mass is 302 g/mol. The van der Waals surface area contributed by atoms with Crippen molar-refractivity contribution in [1.29, 1.82) is 0 Å². The molecule has 2 N–H and O–H groups in total. The zero-order valence-electron chi connectivity index (χ0n) is 12.6. The minimum atomic E-state index is -0.971. The number of carbonyl (C=O) groups is 2. The SMILES string of the molecule is CSC1(CNC(=O)N(CC(=O)O)CC(C)C)CCCC1. The van der Waals surface area contributed by atoms with Crippen molar-refractivity contribution in [2.45, 2.75) is 44.3 Å². The van der Waals surface area contributed by atoms with Crippen LogP contribution in [-0.4, -0.2) is 52.6 Å². The molecule has 1 rings (SSSR count). The van der Waals surface area contributed by atoms with Gasteiger partial charge in [0.1, 0.15) is 6.54 Å². The van der Waals surface area contributed by atoms with Crippen molar-refractivity contribution in [2.75, 3.05) is 25.9 Å². The minimum Gasteiger partial charge on any atom is -0.480 e. The lowest BCUT2D eigenvalue weighted by molar-refractivity contribution is -0.137. The molecule has 1 aliphatic rings. The van der Waals surface area contributed by atoms with Gasteiger partial charge in [-0.25, -0.2) is 4.79 Å². The molecule has 0 unspecified atom stereocenters. The lowest BCUT2D eigenvalue weighted by atomic mass is 10.1. The van der Waals surface area contributed by atoms with Crippen LogP contribution in [0.5, 0.6) is 0 Å². The summed E-state index contributed by atoms with van der Waals surface area (Å²) >= 11 is 1.81. The molecule has 0 aliphatic heterocycles. The maximum Gasteiger partial charge on any atom is 0.323 e. The van der Waals surface area contributed by atoms with E-state index in [1.165, 1.54) is 17.7 Å². The van der Waals surface area contributed by atoms with Crippen molar-refractivity contribution >= 4 is 23.8 Å². The summed E-state index contributed by atoms with van der Waals surface area (Å²) in [5.74, 6) is -0.720. The van der Waals surface area contributed by atoms with Crippen LogP contribution in [0.25, 0.3) is 0 Å². The number of urea groups is 1. The van der Waals surface area contributed by atoms with E-state index in [1.54, 1.807) is 0 Å². The van der Waals surface area contributed by atoms with Gasteiger partial charge in [-0.15, -0.1) is 0 Å². The highest BCUT2D eigenvalue weighted by Crippen LogP contribution is 2.39. The molecular formula is C14H26N2O3S. The maximum atomic E-state index is 12.2. The second-order valence-electron chi connectivity index (χ2n) is 5.92. The fourth-order valence-electron chi connectivity index (χ4n) is 2.64. The van der Waals surface area contributed by atoms with Crippen LogP contribution in [0, 0.1) is 5.92 Å². The summed E-state index contributed by atoms with van der Waals surface area (Å²) in [6.07, 6.45) is 6.75. The molecule has 116 valence electrons. The summed E-state index contributed by atoms with van der Waals surface area (Å²) in [4.78, 5) is 24.4. The van der Waals surface area contributed by atoms with Gasteiger partial charge in [-0.2, -0.15) is 11.8 Å². The number of rotatable bonds is 7. The fraction of sp³-hybridized carbons (Fsp3) is 0.857. The first-order valence-electron chi connectivity index (χ1n) is 7.18. The lowest BCUT2D eigenvalue weighted by Crippen LogP contribution is -2.48. The summed E-state index contributed by atoms with van der Waals surface area (Å²) in [7, 11) is 0. The van der Waals surface area contributed by atoms with Gasteiger partial charge in [-0.1, -0.05) is 26.7 Å². The summed E-state index contributed by atoms with van der Waals surface area (Å²) in [6, 6.07) is -0.263. The number of nitrogens with one attached hydrogen (secondary N) is 1. The number of aliphatic carboxylic acids is 1. The molecule has 20 heavy (non-hydrogen) atoms. The van der Waals surface area contributed by atoms with Crippen molar-refractivity contribution in [1.82, 2.24) is 10.2 Å². The number of hydrogen-bond donors (Lipinski definition) is 2. The van der Waals surface area contributed by atoms with E-state index in [4.69, 9.17) is 5.11 Å². The molecule has 1 fully saturated rings. The molecular weight excluding hydrogens is 276 g/mol. The molecule has 0 aromatic carbocycles. The van der Waals surface area contributed by atoms with E-state index >= 15 is 0 Å². The van der Waals surface area contributed by atoms with Crippen molar-refractivity contribution in [3.63, 3.8) is 0 Å². The average Bonchev–Trinajstić information content (AvgIpc) is 2.83. The van der Waals surface area contributed by atoms with Crippen LogP contribution in [0.4, 0.5) is 4.79 Å². The van der Waals surface area contributed by atoms with Gasteiger partial charge < -0.3 is 15.3 Å². The number of carboxylic acid groups (broad SMARTS) is 1. The highest BCUT2D eigenvalue weighted by molar-refractivity contribution is 8.00.